The zero-order valence-electron chi connectivity index (χ0n) is 16.1. The molecule has 1 amide bonds. The van der Waals surface area contributed by atoms with Crippen molar-refractivity contribution in [2.75, 3.05) is 26.2 Å². The van der Waals surface area contributed by atoms with Crippen LogP contribution in [0.15, 0.2) is 53.1 Å². The van der Waals surface area contributed by atoms with Crippen molar-refractivity contribution in [3.05, 3.63) is 65.9 Å². The third kappa shape index (κ3) is 3.55. The summed E-state index contributed by atoms with van der Waals surface area (Å²) in [6.45, 7) is 6.87. The van der Waals surface area contributed by atoms with E-state index in [0.29, 0.717) is 18.8 Å². The molecule has 2 aromatic heterocycles. The van der Waals surface area contributed by atoms with Crippen LogP contribution in [0, 0.1) is 0 Å². The van der Waals surface area contributed by atoms with Crippen molar-refractivity contribution in [3.63, 3.8) is 0 Å². The number of amides is 1. The zero-order valence-corrected chi connectivity index (χ0v) is 16.1. The summed E-state index contributed by atoms with van der Waals surface area (Å²) in [5.74, 6) is 1.15. The van der Waals surface area contributed by atoms with Crippen LogP contribution in [0.5, 0.6) is 0 Å². The molecule has 1 saturated heterocycles. The first-order valence-corrected chi connectivity index (χ1v) is 9.54. The molecule has 1 aliphatic rings. The van der Waals surface area contributed by atoms with Crippen LogP contribution in [-0.2, 0) is 0 Å². The van der Waals surface area contributed by atoms with Crippen molar-refractivity contribution < 1.29 is 9.21 Å². The summed E-state index contributed by atoms with van der Waals surface area (Å²) in [6.07, 6.45) is 1.53. The molecule has 1 aromatic carbocycles. The lowest BCUT2D eigenvalue weighted by Gasteiger charge is -2.38. The van der Waals surface area contributed by atoms with E-state index in [0.717, 1.165) is 24.5 Å². The Morgan fingerprint density at radius 3 is 2.43 bits per heavy atom. The number of hydrogen-bond donors (Lipinski definition) is 0. The molecule has 0 spiro atoms. The highest BCUT2D eigenvalue weighted by atomic mass is 16.3. The number of furan rings is 1. The minimum Gasteiger partial charge on any atom is -0.459 e. The molecule has 3 heterocycles. The van der Waals surface area contributed by atoms with Gasteiger partial charge in [-0.25, -0.2) is 4.68 Å². The van der Waals surface area contributed by atoms with Crippen LogP contribution in [0.4, 0.5) is 0 Å². The van der Waals surface area contributed by atoms with E-state index in [-0.39, 0.29) is 18.0 Å². The van der Waals surface area contributed by atoms with Crippen LogP contribution in [-0.4, -0.2) is 62.1 Å². The Morgan fingerprint density at radius 1 is 1.04 bits per heavy atom. The molecule has 8 heteroatoms. The Morgan fingerprint density at radius 2 is 1.79 bits per heavy atom. The number of nitrogens with zero attached hydrogens (tertiary/aromatic N) is 6. The van der Waals surface area contributed by atoms with Gasteiger partial charge >= 0.3 is 0 Å². The molecule has 1 fully saturated rings. The average molecular weight is 380 g/mol. The summed E-state index contributed by atoms with van der Waals surface area (Å²) in [5.41, 5.74) is 1.14. The van der Waals surface area contributed by atoms with Crippen LogP contribution in [0.2, 0.25) is 0 Å². The second-order valence-electron chi connectivity index (χ2n) is 7.19. The highest BCUT2D eigenvalue weighted by molar-refractivity contribution is 5.91. The lowest BCUT2D eigenvalue weighted by Crippen LogP contribution is -2.50. The van der Waals surface area contributed by atoms with Crippen molar-refractivity contribution in [2.45, 2.75) is 25.9 Å². The maximum absolute atomic E-state index is 12.6. The second kappa shape index (κ2) is 7.93. The van der Waals surface area contributed by atoms with E-state index in [1.165, 1.54) is 6.26 Å². The van der Waals surface area contributed by atoms with E-state index in [1.807, 2.05) is 27.8 Å². The van der Waals surface area contributed by atoms with Crippen molar-refractivity contribution >= 4 is 5.91 Å². The Kier molecular flexibility index (Phi) is 5.21. The van der Waals surface area contributed by atoms with Crippen molar-refractivity contribution in [1.29, 1.82) is 0 Å². The largest absolute Gasteiger partial charge is 0.459 e. The molecule has 1 aliphatic heterocycles. The highest BCUT2D eigenvalue weighted by Crippen LogP contribution is 2.29. The van der Waals surface area contributed by atoms with Gasteiger partial charge in [-0.15, -0.1) is 5.10 Å². The molecule has 8 nitrogen and oxygen atoms in total. The molecule has 0 bridgehead atoms. The summed E-state index contributed by atoms with van der Waals surface area (Å²) < 4.78 is 7.13. The van der Waals surface area contributed by atoms with Crippen LogP contribution in [0.25, 0.3) is 0 Å². The summed E-state index contributed by atoms with van der Waals surface area (Å²) in [6, 6.07) is 13.8. The van der Waals surface area contributed by atoms with Crippen LogP contribution >= 0.6 is 0 Å². The van der Waals surface area contributed by atoms with Gasteiger partial charge in [0.1, 0.15) is 0 Å². The SMILES string of the molecule is CC(C)n1nnnc1[C@H](c1ccccc1)N1CCN(C(=O)c2ccco2)CC1. The molecular formula is C20H24N6O2. The van der Waals surface area contributed by atoms with Crippen molar-refractivity contribution in [3.8, 4) is 0 Å². The number of rotatable bonds is 5. The van der Waals surface area contributed by atoms with Crippen LogP contribution in [0.3, 0.4) is 0 Å². The number of benzene rings is 1. The van der Waals surface area contributed by atoms with Crippen LogP contribution < -0.4 is 0 Å². The van der Waals surface area contributed by atoms with Crippen molar-refractivity contribution in [1.82, 2.24) is 30.0 Å². The molecule has 0 aliphatic carbocycles. The summed E-state index contributed by atoms with van der Waals surface area (Å²) in [7, 11) is 0. The molecular weight excluding hydrogens is 356 g/mol. The monoisotopic (exact) mass is 380 g/mol. The fraction of sp³-hybridized carbons (Fsp3) is 0.400. The fourth-order valence-corrected chi connectivity index (χ4v) is 3.65. The van der Waals surface area contributed by atoms with Gasteiger partial charge in [-0.1, -0.05) is 30.3 Å². The number of carbonyl (C=O) groups excluding carboxylic acids is 1. The maximum Gasteiger partial charge on any atom is 0.289 e. The molecule has 0 N–H and O–H groups in total. The van der Waals surface area contributed by atoms with Gasteiger partial charge in [-0.3, -0.25) is 9.69 Å². The Labute approximate surface area is 163 Å². The van der Waals surface area contributed by atoms with E-state index >= 15 is 0 Å². The third-order valence-corrected chi connectivity index (χ3v) is 5.07. The number of hydrogen-bond acceptors (Lipinski definition) is 6. The quantitative estimate of drug-likeness (QED) is 0.676. The lowest BCUT2D eigenvalue weighted by molar-refractivity contribution is 0.0558. The highest BCUT2D eigenvalue weighted by Gasteiger charge is 2.32. The van der Waals surface area contributed by atoms with E-state index in [4.69, 9.17) is 4.42 Å². The number of aromatic nitrogens is 4. The fourth-order valence-electron chi connectivity index (χ4n) is 3.65. The zero-order chi connectivity index (χ0) is 19.5. The van der Waals surface area contributed by atoms with Crippen molar-refractivity contribution in [2.24, 2.45) is 0 Å². The smallest absolute Gasteiger partial charge is 0.289 e. The molecule has 3 aromatic rings. The molecule has 28 heavy (non-hydrogen) atoms. The number of piperazine rings is 1. The first-order chi connectivity index (χ1) is 13.6. The molecule has 4 rings (SSSR count). The van der Waals surface area contributed by atoms with Gasteiger partial charge in [-0.2, -0.15) is 0 Å². The Hall–Kier alpha value is -3.00. The third-order valence-electron chi connectivity index (χ3n) is 5.07. The Bertz CT molecular complexity index is 898. The van der Waals surface area contributed by atoms with Gasteiger partial charge in [-0.05, 0) is 42.0 Å². The maximum atomic E-state index is 12.6. The molecule has 146 valence electrons. The van der Waals surface area contributed by atoms with Gasteiger partial charge in [0.25, 0.3) is 5.91 Å². The predicted octanol–water partition coefficient (Wildman–Crippen LogP) is 2.39. The summed E-state index contributed by atoms with van der Waals surface area (Å²) >= 11 is 0. The van der Waals surface area contributed by atoms with Gasteiger partial charge in [0.2, 0.25) is 0 Å². The van der Waals surface area contributed by atoms with Gasteiger partial charge in [0, 0.05) is 26.2 Å². The Balaban J connectivity index is 1.57. The summed E-state index contributed by atoms with van der Waals surface area (Å²) in [4.78, 5) is 16.7. The predicted molar refractivity (Wildman–Crippen MR) is 103 cm³/mol. The van der Waals surface area contributed by atoms with E-state index < -0.39 is 0 Å². The van der Waals surface area contributed by atoms with E-state index in [1.54, 1.807) is 12.1 Å². The molecule has 0 radical (unpaired) electrons. The number of carbonyl (C=O) groups is 1. The molecule has 0 saturated carbocycles. The van der Waals surface area contributed by atoms with E-state index in [9.17, 15) is 4.79 Å². The topological polar surface area (TPSA) is 80.3 Å². The van der Waals surface area contributed by atoms with Gasteiger partial charge in [0.05, 0.1) is 18.3 Å². The first-order valence-electron chi connectivity index (χ1n) is 9.54. The molecule has 1 atom stereocenters. The summed E-state index contributed by atoms with van der Waals surface area (Å²) in [5, 5.41) is 12.5. The molecule has 0 unspecified atom stereocenters. The minimum atomic E-state index is -0.0621. The van der Waals surface area contributed by atoms with Gasteiger partial charge in [0.15, 0.2) is 11.6 Å². The first kappa shape index (κ1) is 18.4. The average Bonchev–Trinajstić information content (AvgIpc) is 3.41. The standard InChI is InChI=1S/C20H24N6O2/c1-15(2)26-19(21-22-23-26)18(16-7-4-3-5-8-16)24-10-12-25(13-11-24)20(27)17-9-6-14-28-17/h3-9,14-15,18H,10-13H2,1-2H3/t18-/m0/s1. The van der Waals surface area contributed by atoms with Crippen LogP contribution in [0.1, 0.15) is 47.9 Å². The van der Waals surface area contributed by atoms with Gasteiger partial charge < -0.3 is 9.32 Å². The second-order valence-corrected chi connectivity index (χ2v) is 7.19. The number of tetrazole rings is 1. The minimum absolute atomic E-state index is 0.0561. The lowest BCUT2D eigenvalue weighted by atomic mass is 10.0. The normalized spacial score (nSPS) is 16.5. The van der Waals surface area contributed by atoms with E-state index in [2.05, 4.69) is 46.4 Å².